The van der Waals surface area contributed by atoms with Crippen LogP contribution in [0.1, 0.15) is 51.1 Å². The Hall–Kier alpha value is -0.450. The molecular formula is C16H29N3S. The molecular weight excluding hydrogens is 266 g/mol. The molecule has 0 saturated carbocycles. The van der Waals surface area contributed by atoms with Gasteiger partial charge in [0.1, 0.15) is 0 Å². The van der Waals surface area contributed by atoms with E-state index < -0.39 is 0 Å². The third-order valence-corrected chi connectivity index (χ3v) is 5.90. The van der Waals surface area contributed by atoms with Crippen LogP contribution in [0, 0.1) is 12.8 Å². The van der Waals surface area contributed by atoms with Crippen LogP contribution >= 0.6 is 11.3 Å². The van der Waals surface area contributed by atoms with Gasteiger partial charge in [-0.15, -0.1) is 11.3 Å². The van der Waals surface area contributed by atoms with Crippen molar-refractivity contribution in [3.05, 3.63) is 16.1 Å². The zero-order chi connectivity index (χ0) is 14.8. The van der Waals surface area contributed by atoms with Gasteiger partial charge in [0.15, 0.2) is 0 Å². The van der Waals surface area contributed by atoms with Crippen LogP contribution < -0.4 is 5.32 Å². The fourth-order valence-corrected chi connectivity index (χ4v) is 4.03. The molecule has 0 aromatic carbocycles. The van der Waals surface area contributed by atoms with Crippen molar-refractivity contribution in [1.82, 2.24) is 15.2 Å². The van der Waals surface area contributed by atoms with Gasteiger partial charge in [-0.05, 0) is 25.7 Å². The largest absolute Gasteiger partial charge is 0.308 e. The summed E-state index contributed by atoms with van der Waals surface area (Å²) in [5, 5.41) is 3.83. The summed E-state index contributed by atoms with van der Waals surface area (Å²) in [5.74, 6) is 0.683. The fourth-order valence-electron chi connectivity index (χ4n) is 3.23. The second-order valence-electron chi connectivity index (χ2n) is 6.45. The highest BCUT2D eigenvalue weighted by molar-refractivity contribution is 7.09. The van der Waals surface area contributed by atoms with E-state index in [-0.39, 0.29) is 0 Å². The Labute approximate surface area is 127 Å². The first kappa shape index (κ1) is 15.9. The summed E-state index contributed by atoms with van der Waals surface area (Å²) in [6.45, 7) is 14.7. The van der Waals surface area contributed by atoms with Crippen LogP contribution in [0.3, 0.4) is 0 Å². The topological polar surface area (TPSA) is 28.2 Å². The lowest BCUT2D eigenvalue weighted by Gasteiger charge is -2.49. The van der Waals surface area contributed by atoms with Crippen LogP contribution in [0.2, 0.25) is 0 Å². The molecule has 20 heavy (non-hydrogen) atoms. The van der Waals surface area contributed by atoms with Crippen molar-refractivity contribution in [2.75, 3.05) is 13.1 Å². The third-order valence-electron chi connectivity index (χ3n) is 4.98. The van der Waals surface area contributed by atoms with Gasteiger partial charge in [-0.1, -0.05) is 27.7 Å². The molecule has 0 bridgehead atoms. The SMILES string of the molecule is CCC1(CC)CN(Cc2scnc2C)C(C(C)C)CN1. The highest BCUT2D eigenvalue weighted by atomic mass is 32.1. The van der Waals surface area contributed by atoms with E-state index in [1.807, 2.05) is 5.51 Å². The van der Waals surface area contributed by atoms with E-state index in [9.17, 15) is 0 Å². The molecule has 4 heteroatoms. The van der Waals surface area contributed by atoms with E-state index in [0.717, 1.165) is 19.6 Å². The van der Waals surface area contributed by atoms with Gasteiger partial charge in [0, 0.05) is 36.1 Å². The highest BCUT2D eigenvalue weighted by Crippen LogP contribution is 2.28. The molecule has 0 aliphatic carbocycles. The van der Waals surface area contributed by atoms with Gasteiger partial charge in [0.05, 0.1) is 11.2 Å². The lowest BCUT2D eigenvalue weighted by Crippen LogP contribution is -2.64. The Bertz CT molecular complexity index is 423. The minimum atomic E-state index is 0.296. The first-order valence-electron chi connectivity index (χ1n) is 7.89. The Kier molecular flexibility index (Phi) is 5.21. The van der Waals surface area contributed by atoms with Crippen LogP contribution in [-0.4, -0.2) is 34.6 Å². The standard InChI is InChI=1S/C16H29N3S/c1-6-16(7-2)10-19(14(8-18-16)12(3)4)9-15-13(5)17-11-20-15/h11-12,14,18H,6-10H2,1-5H3. The summed E-state index contributed by atoms with van der Waals surface area (Å²) in [7, 11) is 0. The molecule has 1 aromatic heterocycles. The summed E-state index contributed by atoms with van der Waals surface area (Å²) < 4.78 is 0. The summed E-state index contributed by atoms with van der Waals surface area (Å²) in [5.41, 5.74) is 3.48. The van der Waals surface area contributed by atoms with Gasteiger partial charge in [0.2, 0.25) is 0 Å². The van der Waals surface area contributed by atoms with Crippen molar-refractivity contribution in [1.29, 1.82) is 0 Å². The number of aryl methyl sites for hydroxylation is 1. The molecule has 0 spiro atoms. The molecule has 0 amide bonds. The number of aromatic nitrogens is 1. The molecule has 1 fully saturated rings. The van der Waals surface area contributed by atoms with Gasteiger partial charge >= 0.3 is 0 Å². The third kappa shape index (κ3) is 3.23. The maximum Gasteiger partial charge on any atom is 0.0798 e. The molecule has 1 aliphatic heterocycles. The number of nitrogens with one attached hydrogen (secondary N) is 1. The molecule has 1 N–H and O–H groups in total. The van der Waals surface area contributed by atoms with E-state index in [1.54, 1.807) is 11.3 Å². The van der Waals surface area contributed by atoms with Crippen LogP contribution in [0.25, 0.3) is 0 Å². The maximum atomic E-state index is 4.40. The Morgan fingerprint density at radius 1 is 1.45 bits per heavy atom. The second kappa shape index (κ2) is 6.54. The summed E-state index contributed by atoms with van der Waals surface area (Å²) >= 11 is 1.80. The van der Waals surface area contributed by atoms with Crippen LogP contribution in [0.5, 0.6) is 0 Å². The van der Waals surface area contributed by atoms with E-state index in [1.165, 1.54) is 23.4 Å². The first-order chi connectivity index (χ1) is 9.51. The van der Waals surface area contributed by atoms with Crippen molar-refractivity contribution in [3.63, 3.8) is 0 Å². The van der Waals surface area contributed by atoms with E-state index >= 15 is 0 Å². The predicted molar refractivity (Wildman–Crippen MR) is 87.2 cm³/mol. The summed E-state index contributed by atoms with van der Waals surface area (Å²) in [4.78, 5) is 8.52. The van der Waals surface area contributed by atoms with Crippen LogP contribution in [0.15, 0.2) is 5.51 Å². The van der Waals surface area contributed by atoms with Crippen molar-refractivity contribution in [3.8, 4) is 0 Å². The quantitative estimate of drug-likeness (QED) is 0.902. The zero-order valence-corrected chi connectivity index (χ0v) is 14.4. The van der Waals surface area contributed by atoms with Gasteiger partial charge in [-0.25, -0.2) is 4.98 Å². The number of nitrogens with zero attached hydrogens (tertiary/aromatic N) is 2. The van der Waals surface area contributed by atoms with Crippen molar-refractivity contribution in [2.24, 2.45) is 5.92 Å². The van der Waals surface area contributed by atoms with E-state index in [2.05, 4.69) is 49.8 Å². The normalized spacial score (nSPS) is 23.4. The van der Waals surface area contributed by atoms with Crippen LogP contribution in [0.4, 0.5) is 0 Å². The smallest absolute Gasteiger partial charge is 0.0798 e. The average Bonchev–Trinajstić information content (AvgIpc) is 2.84. The number of rotatable bonds is 5. The number of hydrogen-bond donors (Lipinski definition) is 1. The van der Waals surface area contributed by atoms with Crippen molar-refractivity contribution in [2.45, 2.75) is 65.6 Å². The minimum Gasteiger partial charge on any atom is -0.308 e. The molecule has 1 aliphatic rings. The Morgan fingerprint density at radius 2 is 2.15 bits per heavy atom. The van der Waals surface area contributed by atoms with E-state index in [4.69, 9.17) is 0 Å². The van der Waals surface area contributed by atoms with Crippen molar-refractivity contribution >= 4 is 11.3 Å². The molecule has 3 nitrogen and oxygen atoms in total. The molecule has 1 unspecified atom stereocenters. The Morgan fingerprint density at radius 3 is 2.65 bits per heavy atom. The minimum absolute atomic E-state index is 0.296. The lowest BCUT2D eigenvalue weighted by molar-refractivity contribution is 0.0449. The second-order valence-corrected chi connectivity index (χ2v) is 7.38. The molecule has 1 atom stereocenters. The average molecular weight is 295 g/mol. The Balaban J connectivity index is 2.17. The maximum absolute atomic E-state index is 4.40. The lowest BCUT2D eigenvalue weighted by atomic mass is 9.86. The predicted octanol–water partition coefficient (Wildman–Crippen LogP) is 3.44. The molecule has 2 rings (SSSR count). The van der Waals surface area contributed by atoms with Gasteiger partial charge in [-0.3, -0.25) is 4.90 Å². The van der Waals surface area contributed by atoms with E-state index in [0.29, 0.717) is 17.5 Å². The summed E-state index contributed by atoms with van der Waals surface area (Å²) in [6.07, 6.45) is 2.40. The van der Waals surface area contributed by atoms with Gasteiger partial charge in [-0.2, -0.15) is 0 Å². The number of thiazole rings is 1. The zero-order valence-electron chi connectivity index (χ0n) is 13.6. The number of piperazine rings is 1. The van der Waals surface area contributed by atoms with Gasteiger partial charge < -0.3 is 5.32 Å². The highest BCUT2D eigenvalue weighted by Gasteiger charge is 2.37. The van der Waals surface area contributed by atoms with Crippen LogP contribution in [-0.2, 0) is 6.54 Å². The van der Waals surface area contributed by atoms with Gasteiger partial charge in [0.25, 0.3) is 0 Å². The molecule has 2 heterocycles. The first-order valence-corrected chi connectivity index (χ1v) is 8.77. The number of hydrogen-bond acceptors (Lipinski definition) is 4. The molecule has 1 saturated heterocycles. The molecule has 0 radical (unpaired) electrons. The summed E-state index contributed by atoms with van der Waals surface area (Å²) in [6, 6.07) is 0.628. The molecule has 1 aromatic rings. The fraction of sp³-hybridized carbons (Fsp3) is 0.812. The molecule has 114 valence electrons. The monoisotopic (exact) mass is 295 g/mol. The van der Waals surface area contributed by atoms with Crippen molar-refractivity contribution < 1.29 is 0 Å².